The second-order valence-corrected chi connectivity index (χ2v) is 7.79. The molecule has 0 spiro atoms. The smallest absolute Gasteiger partial charge is 0.308 e. The SMILES string of the molecule is Cc1ccc(NS(=O)(=O)c2ccc(CC(=O)O)s2)c(C)c1. The number of thiophene rings is 1. The van der Waals surface area contributed by atoms with Crippen molar-refractivity contribution in [3.8, 4) is 0 Å². The summed E-state index contributed by atoms with van der Waals surface area (Å²) in [5.74, 6) is -0.983. The van der Waals surface area contributed by atoms with Gasteiger partial charge in [0.25, 0.3) is 10.0 Å². The summed E-state index contributed by atoms with van der Waals surface area (Å²) in [6.07, 6.45) is -0.177. The summed E-state index contributed by atoms with van der Waals surface area (Å²) in [5.41, 5.74) is 2.41. The zero-order valence-electron chi connectivity index (χ0n) is 11.6. The Bertz CT molecular complexity index is 778. The van der Waals surface area contributed by atoms with Gasteiger partial charge in [0.05, 0.1) is 12.1 Å². The van der Waals surface area contributed by atoms with Gasteiger partial charge in [0.15, 0.2) is 0 Å². The number of anilines is 1. The van der Waals surface area contributed by atoms with Gasteiger partial charge in [0, 0.05) is 4.88 Å². The maximum atomic E-state index is 12.3. The first-order valence-corrected chi connectivity index (χ1v) is 8.48. The molecule has 0 aliphatic carbocycles. The molecule has 1 aromatic heterocycles. The Morgan fingerprint density at radius 1 is 1.24 bits per heavy atom. The monoisotopic (exact) mass is 325 g/mol. The lowest BCUT2D eigenvalue weighted by Gasteiger charge is -2.09. The minimum absolute atomic E-state index is 0.110. The minimum Gasteiger partial charge on any atom is -0.481 e. The van der Waals surface area contributed by atoms with Crippen molar-refractivity contribution >= 4 is 33.0 Å². The van der Waals surface area contributed by atoms with E-state index in [1.807, 2.05) is 26.0 Å². The molecule has 0 saturated heterocycles. The van der Waals surface area contributed by atoms with Crippen LogP contribution in [-0.4, -0.2) is 19.5 Å². The van der Waals surface area contributed by atoms with Crippen LogP contribution in [0.15, 0.2) is 34.5 Å². The van der Waals surface area contributed by atoms with Gasteiger partial charge in [-0.15, -0.1) is 11.3 Å². The van der Waals surface area contributed by atoms with E-state index in [0.29, 0.717) is 10.6 Å². The molecule has 1 heterocycles. The Hall–Kier alpha value is -1.86. The first-order valence-electron chi connectivity index (χ1n) is 6.18. The summed E-state index contributed by atoms with van der Waals surface area (Å²) in [4.78, 5) is 11.1. The fourth-order valence-electron chi connectivity index (χ4n) is 1.87. The lowest BCUT2D eigenvalue weighted by molar-refractivity contribution is -0.136. The van der Waals surface area contributed by atoms with E-state index >= 15 is 0 Å². The Morgan fingerprint density at radius 2 is 1.95 bits per heavy atom. The molecule has 2 N–H and O–H groups in total. The highest BCUT2D eigenvalue weighted by atomic mass is 32.2. The van der Waals surface area contributed by atoms with Crippen molar-refractivity contribution in [1.82, 2.24) is 0 Å². The molecule has 0 aliphatic rings. The van der Waals surface area contributed by atoms with Gasteiger partial charge in [-0.25, -0.2) is 8.42 Å². The van der Waals surface area contributed by atoms with Gasteiger partial charge in [-0.05, 0) is 37.6 Å². The minimum atomic E-state index is -3.69. The van der Waals surface area contributed by atoms with Crippen molar-refractivity contribution in [3.63, 3.8) is 0 Å². The van der Waals surface area contributed by atoms with Gasteiger partial charge < -0.3 is 5.11 Å². The number of hydrogen-bond donors (Lipinski definition) is 2. The largest absolute Gasteiger partial charge is 0.481 e. The molecule has 112 valence electrons. The molecule has 0 radical (unpaired) electrons. The molecule has 5 nitrogen and oxygen atoms in total. The van der Waals surface area contributed by atoms with Crippen LogP contribution in [0.3, 0.4) is 0 Å². The number of hydrogen-bond acceptors (Lipinski definition) is 4. The number of aliphatic carboxylic acids is 1. The Morgan fingerprint density at radius 3 is 2.57 bits per heavy atom. The van der Waals surface area contributed by atoms with Crippen molar-refractivity contribution in [2.45, 2.75) is 24.5 Å². The molecule has 0 fully saturated rings. The number of benzene rings is 1. The summed E-state index contributed by atoms with van der Waals surface area (Å²) >= 11 is 0.965. The number of carboxylic acids is 1. The predicted octanol–water partition coefficient (Wildman–Crippen LogP) is 2.79. The van der Waals surface area contributed by atoms with Gasteiger partial charge in [-0.3, -0.25) is 9.52 Å². The third-order valence-corrected chi connectivity index (χ3v) is 5.80. The predicted molar refractivity (Wildman–Crippen MR) is 82.4 cm³/mol. The maximum Gasteiger partial charge on any atom is 0.308 e. The second kappa shape index (κ2) is 5.87. The standard InChI is InChI=1S/C14H15NO4S2/c1-9-3-5-12(10(2)7-9)15-21(18,19)14-6-4-11(20-14)8-13(16)17/h3-7,15H,8H2,1-2H3,(H,16,17). The summed E-state index contributed by atoms with van der Waals surface area (Å²) in [6, 6.07) is 8.38. The van der Waals surface area contributed by atoms with Crippen molar-refractivity contribution in [3.05, 3.63) is 46.3 Å². The third-order valence-electron chi connectivity index (χ3n) is 2.85. The van der Waals surface area contributed by atoms with Crippen molar-refractivity contribution in [2.75, 3.05) is 4.72 Å². The summed E-state index contributed by atoms with van der Waals surface area (Å²) in [5, 5.41) is 8.72. The average molecular weight is 325 g/mol. The van der Waals surface area contributed by atoms with Crippen LogP contribution < -0.4 is 4.72 Å². The molecule has 0 atom stereocenters. The fourth-order valence-corrected chi connectivity index (χ4v) is 4.35. The Balaban J connectivity index is 2.25. The Kier molecular flexibility index (Phi) is 4.34. The molecule has 0 bridgehead atoms. The first-order chi connectivity index (χ1) is 9.78. The highest BCUT2D eigenvalue weighted by Crippen LogP contribution is 2.26. The molecular formula is C14H15NO4S2. The second-order valence-electron chi connectivity index (χ2n) is 4.72. The van der Waals surface area contributed by atoms with Crippen LogP contribution in [0.1, 0.15) is 16.0 Å². The molecule has 1 aromatic carbocycles. The molecule has 0 amide bonds. The lowest BCUT2D eigenvalue weighted by Crippen LogP contribution is -2.12. The molecule has 7 heteroatoms. The van der Waals surface area contributed by atoms with E-state index in [9.17, 15) is 13.2 Å². The van der Waals surface area contributed by atoms with Crippen molar-refractivity contribution < 1.29 is 18.3 Å². The molecule has 2 rings (SSSR count). The van der Waals surface area contributed by atoms with E-state index in [1.165, 1.54) is 12.1 Å². The normalized spacial score (nSPS) is 11.3. The first kappa shape index (κ1) is 15.5. The number of carbonyl (C=O) groups is 1. The third kappa shape index (κ3) is 3.83. The van der Waals surface area contributed by atoms with Gasteiger partial charge in [0.2, 0.25) is 0 Å². The van der Waals surface area contributed by atoms with Gasteiger partial charge >= 0.3 is 5.97 Å². The number of aryl methyl sites for hydroxylation is 2. The highest BCUT2D eigenvalue weighted by Gasteiger charge is 2.18. The maximum absolute atomic E-state index is 12.3. The highest BCUT2D eigenvalue weighted by molar-refractivity contribution is 7.94. The van der Waals surface area contributed by atoms with Crippen LogP contribution in [-0.2, 0) is 21.2 Å². The van der Waals surface area contributed by atoms with E-state index in [0.717, 1.165) is 22.5 Å². The lowest BCUT2D eigenvalue weighted by atomic mass is 10.1. The van der Waals surface area contributed by atoms with Crippen LogP contribution in [0.2, 0.25) is 0 Å². The molecule has 21 heavy (non-hydrogen) atoms. The topological polar surface area (TPSA) is 83.5 Å². The number of nitrogens with one attached hydrogen (secondary N) is 1. The van der Waals surface area contributed by atoms with Crippen LogP contribution in [0.5, 0.6) is 0 Å². The summed E-state index contributed by atoms with van der Waals surface area (Å²) < 4.78 is 27.2. The van der Waals surface area contributed by atoms with E-state index in [1.54, 1.807) is 6.07 Å². The van der Waals surface area contributed by atoms with Gasteiger partial charge in [0.1, 0.15) is 4.21 Å². The molecule has 0 aliphatic heterocycles. The van der Waals surface area contributed by atoms with Crippen molar-refractivity contribution in [1.29, 1.82) is 0 Å². The average Bonchev–Trinajstić information content (AvgIpc) is 2.81. The van der Waals surface area contributed by atoms with Gasteiger partial charge in [-0.1, -0.05) is 17.7 Å². The quantitative estimate of drug-likeness (QED) is 0.885. The van der Waals surface area contributed by atoms with Crippen LogP contribution >= 0.6 is 11.3 Å². The molecular weight excluding hydrogens is 310 g/mol. The molecule has 0 saturated carbocycles. The summed E-state index contributed by atoms with van der Waals surface area (Å²) in [6.45, 7) is 3.76. The van der Waals surface area contributed by atoms with E-state index in [-0.39, 0.29) is 10.6 Å². The van der Waals surface area contributed by atoms with Crippen molar-refractivity contribution in [2.24, 2.45) is 0 Å². The Labute approximate surface area is 127 Å². The van der Waals surface area contributed by atoms with E-state index in [4.69, 9.17) is 5.11 Å². The fraction of sp³-hybridized carbons (Fsp3) is 0.214. The molecule has 2 aromatic rings. The van der Waals surface area contributed by atoms with E-state index in [2.05, 4.69) is 4.72 Å². The number of rotatable bonds is 5. The zero-order chi connectivity index (χ0) is 15.6. The molecule has 0 unspecified atom stereocenters. The summed E-state index contributed by atoms with van der Waals surface area (Å²) in [7, 11) is -3.69. The number of carboxylic acid groups (broad SMARTS) is 1. The van der Waals surface area contributed by atoms with Gasteiger partial charge in [-0.2, -0.15) is 0 Å². The van der Waals surface area contributed by atoms with Crippen LogP contribution in [0, 0.1) is 13.8 Å². The zero-order valence-corrected chi connectivity index (χ0v) is 13.2. The van der Waals surface area contributed by atoms with Crippen LogP contribution in [0.25, 0.3) is 0 Å². The number of sulfonamides is 1. The van der Waals surface area contributed by atoms with E-state index < -0.39 is 16.0 Å². The van der Waals surface area contributed by atoms with Crippen LogP contribution in [0.4, 0.5) is 5.69 Å².